The summed E-state index contributed by atoms with van der Waals surface area (Å²) in [7, 11) is 1.85. The molecule has 98 valence electrons. The highest BCUT2D eigenvalue weighted by atomic mass is 16.5. The van der Waals surface area contributed by atoms with Gasteiger partial charge in [0.15, 0.2) is 0 Å². The highest BCUT2D eigenvalue weighted by molar-refractivity contribution is 5.32. The predicted molar refractivity (Wildman–Crippen MR) is 73.7 cm³/mol. The highest BCUT2D eigenvalue weighted by Crippen LogP contribution is 2.32. The van der Waals surface area contributed by atoms with Crippen LogP contribution in [0.3, 0.4) is 0 Å². The van der Waals surface area contributed by atoms with Crippen LogP contribution in [0.4, 0.5) is 0 Å². The van der Waals surface area contributed by atoms with E-state index in [4.69, 9.17) is 4.74 Å². The molecule has 0 spiro atoms. The fourth-order valence-corrected chi connectivity index (χ4v) is 3.58. The number of rotatable bonds is 3. The van der Waals surface area contributed by atoms with Crippen LogP contribution in [0.15, 0.2) is 24.3 Å². The molecule has 2 nitrogen and oxygen atoms in total. The number of aryl methyl sites for hydroxylation is 1. The van der Waals surface area contributed by atoms with Crippen molar-refractivity contribution in [3.8, 4) is 0 Å². The number of hydrogen-bond donors (Lipinski definition) is 1. The Morgan fingerprint density at radius 2 is 2.00 bits per heavy atom. The average Bonchev–Trinajstić information content (AvgIpc) is 2.86. The zero-order chi connectivity index (χ0) is 12.4. The zero-order valence-corrected chi connectivity index (χ0v) is 11.2. The summed E-state index contributed by atoms with van der Waals surface area (Å²) in [6.45, 7) is 0. The number of hydrogen-bond acceptors (Lipinski definition) is 2. The first kappa shape index (κ1) is 12.2. The van der Waals surface area contributed by atoms with Crippen molar-refractivity contribution in [3.05, 3.63) is 35.4 Å². The second-order valence-corrected chi connectivity index (χ2v) is 5.62. The standard InChI is InChI=1S/C16H23NO/c1-18-16-11-5-10-15(16)17-14-9-4-7-12-6-2-3-8-13(12)14/h2-3,6,8,14-17H,4-5,7,9-11H2,1H3. The predicted octanol–water partition coefficient (Wildman–Crippen LogP) is 3.22. The van der Waals surface area contributed by atoms with Crippen LogP contribution in [0.1, 0.15) is 49.3 Å². The third kappa shape index (κ3) is 2.32. The number of ether oxygens (including phenoxy) is 1. The van der Waals surface area contributed by atoms with Crippen molar-refractivity contribution in [3.63, 3.8) is 0 Å². The molecule has 0 radical (unpaired) electrons. The minimum absolute atomic E-state index is 0.416. The molecule has 1 aromatic carbocycles. The molecule has 2 aliphatic rings. The van der Waals surface area contributed by atoms with Crippen LogP contribution in [0.2, 0.25) is 0 Å². The van der Waals surface area contributed by atoms with E-state index in [-0.39, 0.29) is 0 Å². The first-order valence-electron chi connectivity index (χ1n) is 7.25. The topological polar surface area (TPSA) is 21.3 Å². The summed E-state index contributed by atoms with van der Waals surface area (Å²) >= 11 is 0. The fraction of sp³-hybridized carbons (Fsp3) is 0.625. The minimum atomic E-state index is 0.416. The highest BCUT2D eigenvalue weighted by Gasteiger charge is 2.30. The van der Waals surface area contributed by atoms with Gasteiger partial charge >= 0.3 is 0 Å². The lowest BCUT2D eigenvalue weighted by Gasteiger charge is -2.31. The molecule has 3 unspecified atom stereocenters. The van der Waals surface area contributed by atoms with E-state index in [1.165, 1.54) is 49.7 Å². The molecular weight excluding hydrogens is 222 g/mol. The van der Waals surface area contributed by atoms with E-state index in [9.17, 15) is 0 Å². The van der Waals surface area contributed by atoms with Gasteiger partial charge in [0.2, 0.25) is 0 Å². The van der Waals surface area contributed by atoms with E-state index in [1.54, 1.807) is 0 Å². The maximum Gasteiger partial charge on any atom is 0.0724 e. The maximum absolute atomic E-state index is 5.59. The Morgan fingerprint density at radius 3 is 2.89 bits per heavy atom. The summed E-state index contributed by atoms with van der Waals surface area (Å²) in [5, 5.41) is 3.85. The van der Waals surface area contributed by atoms with Crippen LogP contribution < -0.4 is 5.32 Å². The molecule has 0 aliphatic heterocycles. The van der Waals surface area contributed by atoms with Gasteiger partial charge in [-0.1, -0.05) is 24.3 Å². The van der Waals surface area contributed by atoms with E-state index in [2.05, 4.69) is 29.6 Å². The minimum Gasteiger partial charge on any atom is -0.380 e. The van der Waals surface area contributed by atoms with Gasteiger partial charge in [-0.25, -0.2) is 0 Å². The van der Waals surface area contributed by atoms with Gasteiger partial charge in [0, 0.05) is 19.2 Å². The molecule has 2 aliphatic carbocycles. The summed E-state index contributed by atoms with van der Waals surface area (Å²) in [6.07, 6.45) is 8.00. The molecule has 1 fully saturated rings. The van der Waals surface area contributed by atoms with Gasteiger partial charge in [0.25, 0.3) is 0 Å². The average molecular weight is 245 g/mol. The van der Waals surface area contributed by atoms with Gasteiger partial charge < -0.3 is 10.1 Å². The van der Waals surface area contributed by atoms with Gasteiger partial charge in [0.05, 0.1) is 6.10 Å². The van der Waals surface area contributed by atoms with Crippen molar-refractivity contribution in [2.45, 2.75) is 56.7 Å². The van der Waals surface area contributed by atoms with E-state index in [0.29, 0.717) is 18.2 Å². The molecule has 2 heteroatoms. The van der Waals surface area contributed by atoms with Gasteiger partial charge in [-0.05, 0) is 49.7 Å². The van der Waals surface area contributed by atoms with Gasteiger partial charge in [-0.2, -0.15) is 0 Å². The van der Waals surface area contributed by atoms with Crippen LogP contribution >= 0.6 is 0 Å². The van der Waals surface area contributed by atoms with Crippen molar-refractivity contribution in [1.82, 2.24) is 5.32 Å². The molecule has 18 heavy (non-hydrogen) atoms. The summed E-state index contributed by atoms with van der Waals surface area (Å²) < 4.78 is 5.59. The number of fused-ring (bicyclic) bond motifs is 1. The first-order chi connectivity index (χ1) is 8.88. The molecule has 3 atom stereocenters. The van der Waals surface area contributed by atoms with Crippen LogP contribution in [0, 0.1) is 0 Å². The van der Waals surface area contributed by atoms with Gasteiger partial charge in [-0.15, -0.1) is 0 Å². The normalized spacial score (nSPS) is 31.3. The zero-order valence-electron chi connectivity index (χ0n) is 11.2. The van der Waals surface area contributed by atoms with Crippen molar-refractivity contribution in [2.75, 3.05) is 7.11 Å². The van der Waals surface area contributed by atoms with Crippen LogP contribution in [0.5, 0.6) is 0 Å². The van der Waals surface area contributed by atoms with E-state index < -0.39 is 0 Å². The van der Waals surface area contributed by atoms with Gasteiger partial charge in [-0.3, -0.25) is 0 Å². The van der Waals surface area contributed by atoms with Crippen molar-refractivity contribution >= 4 is 0 Å². The molecule has 0 amide bonds. The largest absolute Gasteiger partial charge is 0.380 e. The lowest BCUT2D eigenvalue weighted by molar-refractivity contribution is 0.0803. The quantitative estimate of drug-likeness (QED) is 0.883. The number of nitrogens with one attached hydrogen (secondary N) is 1. The first-order valence-corrected chi connectivity index (χ1v) is 7.25. The summed E-state index contributed by atoms with van der Waals surface area (Å²) in [5.41, 5.74) is 3.05. The number of benzene rings is 1. The Morgan fingerprint density at radius 1 is 1.11 bits per heavy atom. The lowest BCUT2D eigenvalue weighted by Crippen LogP contribution is -2.40. The van der Waals surface area contributed by atoms with E-state index in [1.807, 2.05) is 7.11 Å². The Balaban J connectivity index is 1.74. The molecule has 0 saturated heterocycles. The molecule has 3 rings (SSSR count). The molecule has 0 heterocycles. The summed E-state index contributed by atoms with van der Waals surface area (Å²) in [6, 6.07) is 9.99. The summed E-state index contributed by atoms with van der Waals surface area (Å²) in [4.78, 5) is 0. The SMILES string of the molecule is COC1CCCC1NC1CCCc2ccccc21. The van der Waals surface area contributed by atoms with Crippen LogP contribution in [-0.2, 0) is 11.2 Å². The second-order valence-electron chi connectivity index (χ2n) is 5.62. The van der Waals surface area contributed by atoms with Crippen molar-refractivity contribution in [1.29, 1.82) is 0 Å². The van der Waals surface area contributed by atoms with Crippen LogP contribution in [-0.4, -0.2) is 19.3 Å². The molecule has 0 bridgehead atoms. The second kappa shape index (κ2) is 5.41. The molecule has 1 saturated carbocycles. The Hall–Kier alpha value is -0.860. The molecular formula is C16H23NO. The Labute approximate surface area is 110 Å². The number of methoxy groups -OCH3 is 1. The summed E-state index contributed by atoms with van der Waals surface area (Å²) in [5.74, 6) is 0. The van der Waals surface area contributed by atoms with Crippen molar-refractivity contribution < 1.29 is 4.74 Å². The van der Waals surface area contributed by atoms with Gasteiger partial charge in [0.1, 0.15) is 0 Å². The molecule has 1 aromatic rings. The van der Waals surface area contributed by atoms with E-state index in [0.717, 1.165) is 0 Å². The molecule has 0 aromatic heterocycles. The molecule has 1 N–H and O–H groups in total. The maximum atomic E-state index is 5.59. The smallest absolute Gasteiger partial charge is 0.0724 e. The lowest BCUT2D eigenvalue weighted by atomic mass is 9.87. The Kier molecular flexibility index (Phi) is 3.67. The van der Waals surface area contributed by atoms with Crippen LogP contribution in [0.25, 0.3) is 0 Å². The fourth-order valence-electron chi connectivity index (χ4n) is 3.58. The Bertz CT molecular complexity index is 404. The third-order valence-electron chi connectivity index (χ3n) is 4.54. The van der Waals surface area contributed by atoms with E-state index >= 15 is 0 Å². The van der Waals surface area contributed by atoms with Crippen molar-refractivity contribution in [2.24, 2.45) is 0 Å². The third-order valence-corrected chi connectivity index (χ3v) is 4.54. The monoisotopic (exact) mass is 245 g/mol.